The Labute approximate surface area is 174 Å². The van der Waals surface area contributed by atoms with Gasteiger partial charge in [0, 0.05) is 36.3 Å². The first-order valence-corrected chi connectivity index (χ1v) is 9.87. The first-order valence-electron chi connectivity index (χ1n) is 9.87. The Bertz CT molecular complexity index is 996. The van der Waals surface area contributed by atoms with Gasteiger partial charge in [-0.2, -0.15) is 0 Å². The Balaban J connectivity index is 1.31. The molecule has 1 aromatic carbocycles. The van der Waals surface area contributed by atoms with Crippen LogP contribution in [0.2, 0.25) is 0 Å². The highest BCUT2D eigenvalue weighted by Gasteiger charge is 2.15. The van der Waals surface area contributed by atoms with Crippen molar-refractivity contribution in [1.29, 1.82) is 0 Å². The molecule has 0 spiro atoms. The molecular formula is C22H23N5O3. The predicted octanol–water partition coefficient (Wildman–Crippen LogP) is 3.85. The molecule has 0 aliphatic carbocycles. The molecule has 8 nitrogen and oxygen atoms in total. The van der Waals surface area contributed by atoms with E-state index in [4.69, 9.17) is 4.42 Å². The van der Waals surface area contributed by atoms with Gasteiger partial charge in [0.05, 0.1) is 12.8 Å². The van der Waals surface area contributed by atoms with Crippen LogP contribution in [0, 0.1) is 0 Å². The molecule has 0 unspecified atom stereocenters. The highest BCUT2D eigenvalue weighted by Crippen LogP contribution is 2.21. The summed E-state index contributed by atoms with van der Waals surface area (Å²) < 4.78 is 5.17. The molecule has 3 amide bonds. The van der Waals surface area contributed by atoms with E-state index in [-0.39, 0.29) is 11.9 Å². The first kappa shape index (κ1) is 19.5. The minimum absolute atomic E-state index is 0.270. The largest absolute Gasteiger partial charge is 0.467 e. The molecule has 154 valence electrons. The second-order valence-electron chi connectivity index (χ2n) is 7.01. The molecule has 30 heavy (non-hydrogen) atoms. The van der Waals surface area contributed by atoms with Gasteiger partial charge in [-0.15, -0.1) is 0 Å². The summed E-state index contributed by atoms with van der Waals surface area (Å²) in [5, 5.41) is 8.28. The Morgan fingerprint density at radius 2 is 1.73 bits per heavy atom. The summed E-state index contributed by atoms with van der Waals surface area (Å²) in [4.78, 5) is 31.0. The molecule has 1 aliphatic rings. The van der Waals surface area contributed by atoms with Gasteiger partial charge in [-0.25, -0.2) is 4.79 Å². The van der Waals surface area contributed by atoms with Crippen molar-refractivity contribution < 1.29 is 14.0 Å². The van der Waals surface area contributed by atoms with Gasteiger partial charge in [0.15, 0.2) is 0 Å². The van der Waals surface area contributed by atoms with E-state index in [1.807, 2.05) is 12.1 Å². The maximum atomic E-state index is 12.6. The van der Waals surface area contributed by atoms with Crippen LogP contribution in [0.25, 0.3) is 0 Å². The van der Waals surface area contributed by atoms with Crippen LogP contribution in [-0.2, 0) is 6.54 Å². The third-order valence-electron chi connectivity index (χ3n) is 4.85. The van der Waals surface area contributed by atoms with Gasteiger partial charge in [0.25, 0.3) is 5.91 Å². The van der Waals surface area contributed by atoms with Gasteiger partial charge in [0.2, 0.25) is 0 Å². The lowest BCUT2D eigenvalue weighted by molar-refractivity contribution is 0.102. The summed E-state index contributed by atoms with van der Waals surface area (Å²) in [6.45, 7) is 2.32. The van der Waals surface area contributed by atoms with Crippen LogP contribution in [-0.4, -0.2) is 30.0 Å². The van der Waals surface area contributed by atoms with Crippen LogP contribution in [0.5, 0.6) is 0 Å². The fourth-order valence-electron chi connectivity index (χ4n) is 3.30. The summed E-state index contributed by atoms with van der Waals surface area (Å²) in [7, 11) is 0. The van der Waals surface area contributed by atoms with Crippen molar-refractivity contribution in [3.63, 3.8) is 0 Å². The van der Waals surface area contributed by atoms with Crippen LogP contribution in [0.3, 0.4) is 0 Å². The molecule has 1 saturated heterocycles. The third kappa shape index (κ3) is 4.96. The van der Waals surface area contributed by atoms with Crippen molar-refractivity contribution in [3.05, 3.63) is 72.4 Å². The van der Waals surface area contributed by atoms with Crippen molar-refractivity contribution in [2.75, 3.05) is 28.6 Å². The van der Waals surface area contributed by atoms with E-state index in [1.165, 1.54) is 12.8 Å². The zero-order valence-corrected chi connectivity index (χ0v) is 16.4. The molecule has 3 N–H and O–H groups in total. The Morgan fingerprint density at radius 3 is 2.43 bits per heavy atom. The highest BCUT2D eigenvalue weighted by molar-refractivity contribution is 6.03. The van der Waals surface area contributed by atoms with Crippen LogP contribution in [0.4, 0.5) is 21.9 Å². The third-order valence-corrected chi connectivity index (χ3v) is 4.85. The Hall–Kier alpha value is -3.81. The summed E-state index contributed by atoms with van der Waals surface area (Å²) in [6, 6.07) is 13.8. The predicted molar refractivity (Wildman–Crippen MR) is 115 cm³/mol. The smallest absolute Gasteiger partial charge is 0.319 e. The Morgan fingerprint density at radius 1 is 1.00 bits per heavy atom. The molecule has 8 heteroatoms. The molecule has 0 bridgehead atoms. The van der Waals surface area contributed by atoms with Gasteiger partial charge in [0.1, 0.15) is 11.5 Å². The average Bonchev–Trinajstić information content (AvgIpc) is 3.48. The van der Waals surface area contributed by atoms with Crippen LogP contribution in [0.15, 0.2) is 65.4 Å². The van der Waals surface area contributed by atoms with E-state index in [1.54, 1.807) is 48.9 Å². The number of carbonyl (C=O) groups is 2. The van der Waals surface area contributed by atoms with Crippen molar-refractivity contribution in [2.45, 2.75) is 19.4 Å². The van der Waals surface area contributed by atoms with E-state index >= 15 is 0 Å². The van der Waals surface area contributed by atoms with Crippen molar-refractivity contribution >= 4 is 29.0 Å². The fourth-order valence-corrected chi connectivity index (χ4v) is 3.30. The van der Waals surface area contributed by atoms with Crippen molar-refractivity contribution in [3.8, 4) is 0 Å². The van der Waals surface area contributed by atoms with Crippen LogP contribution >= 0.6 is 0 Å². The molecule has 0 saturated carbocycles. The first-order chi connectivity index (χ1) is 14.7. The minimum Gasteiger partial charge on any atom is -0.467 e. The molecule has 3 heterocycles. The molecule has 0 atom stereocenters. The molecule has 4 rings (SSSR count). The summed E-state index contributed by atoms with van der Waals surface area (Å²) in [5.74, 6) is 0.401. The number of aromatic nitrogens is 1. The van der Waals surface area contributed by atoms with Gasteiger partial charge in [-0.3, -0.25) is 9.78 Å². The SMILES string of the molecule is O=C(NCc1ccco1)Nc1ccc(NC(=O)c2cc(N3CCCC3)ccn2)cc1. The van der Waals surface area contributed by atoms with Gasteiger partial charge in [-0.1, -0.05) is 0 Å². The minimum atomic E-state index is -0.342. The van der Waals surface area contributed by atoms with E-state index in [0.29, 0.717) is 29.4 Å². The number of furan rings is 1. The highest BCUT2D eigenvalue weighted by atomic mass is 16.3. The number of rotatable bonds is 6. The topological polar surface area (TPSA) is 99.5 Å². The number of hydrogen-bond donors (Lipinski definition) is 3. The lowest BCUT2D eigenvalue weighted by Gasteiger charge is -2.17. The summed E-state index contributed by atoms with van der Waals surface area (Å²) >= 11 is 0. The number of hydrogen-bond acceptors (Lipinski definition) is 5. The van der Waals surface area contributed by atoms with E-state index < -0.39 is 0 Å². The lowest BCUT2D eigenvalue weighted by atomic mass is 10.2. The molecule has 3 aromatic rings. The Kier molecular flexibility index (Phi) is 5.93. The maximum Gasteiger partial charge on any atom is 0.319 e. The standard InChI is InChI=1S/C22H23N5O3/c28-21(20-14-18(9-10-23-20)27-11-1-2-12-27)25-16-5-7-17(8-6-16)26-22(29)24-15-19-4-3-13-30-19/h3-10,13-14H,1-2,11-12,15H2,(H,25,28)(H2,24,26,29). The number of pyridine rings is 1. The van der Waals surface area contributed by atoms with E-state index in [9.17, 15) is 9.59 Å². The quantitative estimate of drug-likeness (QED) is 0.578. The second kappa shape index (κ2) is 9.13. The zero-order valence-electron chi connectivity index (χ0n) is 16.4. The number of nitrogens with zero attached hydrogens (tertiary/aromatic N) is 2. The van der Waals surface area contributed by atoms with E-state index in [0.717, 1.165) is 18.8 Å². The monoisotopic (exact) mass is 405 g/mol. The van der Waals surface area contributed by atoms with Gasteiger partial charge >= 0.3 is 6.03 Å². The van der Waals surface area contributed by atoms with Crippen LogP contribution in [0.1, 0.15) is 29.1 Å². The number of nitrogens with one attached hydrogen (secondary N) is 3. The number of carbonyl (C=O) groups excluding carboxylic acids is 2. The molecule has 0 radical (unpaired) electrons. The summed E-state index contributed by atoms with van der Waals surface area (Å²) in [6.07, 6.45) is 5.56. The zero-order chi connectivity index (χ0) is 20.8. The fraction of sp³-hybridized carbons (Fsp3) is 0.227. The maximum absolute atomic E-state index is 12.6. The number of amides is 3. The molecule has 1 aliphatic heterocycles. The number of benzene rings is 1. The number of anilines is 3. The van der Waals surface area contributed by atoms with Crippen molar-refractivity contribution in [2.24, 2.45) is 0 Å². The lowest BCUT2D eigenvalue weighted by Crippen LogP contribution is -2.27. The second-order valence-corrected chi connectivity index (χ2v) is 7.01. The van der Waals surface area contributed by atoms with Gasteiger partial charge < -0.3 is 25.3 Å². The average molecular weight is 405 g/mol. The molecular weight excluding hydrogens is 382 g/mol. The molecule has 1 fully saturated rings. The molecule has 2 aromatic heterocycles. The van der Waals surface area contributed by atoms with Gasteiger partial charge in [-0.05, 0) is 61.4 Å². The van der Waals surface area contributed by atoms with E-state index in [2.05, 4.69) is 25.8 Å². The normalized spacial score (nSPS) is 13.1. The van der Waals surface area contributed by atoms with Crippen LogP contribution < -0.4 is 20.9 Å². The summed E-state index contributed by atoms with van der Waals surface area (Å²) in [5.41, 5.74) is 2.63. The number of urea groups is 1. The van der Waals surface area contributed by atoms with Crippen molar-refractivity contribution in [1.82, 2.24) is 10.3 Å².